The molecule has 31 heavy (non-hydrogen) atoms. The van der Waals surface area contributed by atoms with Crippen molar-refractivity contribution in [2.45, 2.75) is 58.3 Å². The predicted octanol–water partition coefficient (Wildman–Crippen LogP) is 3.73. The van der Waals surface area contributed by atoms with Gasteiger partial charge >= 0.3 is 0 Å². The fourth-order valence-electron chi connectivity index (χ4n) is 3.94. The summed E-state index contributed by atoms with van der Waals surface area (Å²) in [7, 11) is 0. The minimum absolute atomic E-state index is 0.0293. The van der Waals surface area contributed by atoms with Crippen molar-refractivity contribution in [3.8, 4) is 0 Å². The quantitative estimate of drug-likeness (QED) is 0.590. The molecule has 0 aromatic heterocycles. The molecule has 1 aliphatic heterocycles. The van der Waals surface area contributed by atoms with Crippen LogP contribution in [0.2, 0.25) is 0 Å². The van der Waals surface area contributed by atoms with Crippen LogP contribution in [-0.2, 0) is 22.7 Å². The van der Waals surface area contributed by atoms with E-state index in [0.717, 1.165) is 25.1 Å². The van der Waals surface area contributed by atoms with Gasteiger partial charge in [0.25, 0.3) is 0 Å². The van der Waals surface area contributed by atoms with Gasteiger partial charge in [0.1, 0.15) is 11.9 Å². The number of rotatable bonds is 10. The number of hydrogen-bond acceptors (Lipinski definition) is 3. The van der Waals surface area contributed by atoms with E-state index in [4.69, 9.17) is 0 Å². The van der Waals surface area contributed by atoms with Crippen LogP contribution in [0.5, 0.6) is 0 Å². The lowest BCUT2D eigenvalue weighted by Crippen LogP contribution is -2.45. The van der Waals surface area contributed by atoms with Crippen LogP contribution in [0.4, 0.5) is 4.39 Å². The normalized spacial score (nSPS) is 16.4. The third-order valence-electron chi connectivity index (χ3n) is 5.78. The first-order valence-electron chi connectivity index (χ1n) is 11.0. The van der Waals surface area contributed by atoms with Crippen LogP contribution < -0.4 is 5.32 Å². The lowest BCUT2D eigenvalue weighted by atomic mass is 10.1. The van der Waals surface area contributed by atoms with E-state index in [1.165, 1.54) is 17.7 Å². The zero-order chi connectivity index (χ0) is 22.2. The van der Waals surface area contributed by atoms with Gasteiger partial charge in [0.15, 0.2) is 0 Å². The van der Waals surface area contributed by atoms with Crippen LogP contribution in [0.3, 0.4) is 0 Å². The van der Waals surface area contributed by atoms with Gasteiger partial charge in [0, 0.05) is 38.6 Å². The summed E-state index contributed by atoms with van der Waals surface area (Å²) >= 11 is 0. The van der Waals surface area contributed by atoms with Gasteiger partial charge < -0.3 is 10.2 Å². The first-order chi connectivity index (χ1) is 14.9. The highest BCUT2D eigenvalue weighted by atomic mass is 19.1. The Morgan fingerprint density at radius 3 is 2.52 bits per heavy atom. The summed E-state index contributed by atoms with van der Waals surface area (Å²) in [4.78, 5) is 29.0. The zero-order valence-corrected chi connectivity index (χ0v) is 18.4. The van der Waals surface area contributed by atoms with Crippen molar-refractivity contribution in [1.29, 1.82) is 0 Å². The molecule has 1 heterocycles. The smallest absolute Gasteiger partial charge is 0.242 e. The average Bonchev–Trinajstić information content (AvgIpc) is 3.12. The van der Waals surface area contributed by atoms with E-state index < -0.39 is 6.04 Å². The molecular formula is C25H32FN3O2. The van der Waals surface area contributed by atoms with Gasteiger partial charge in [0.05, 0.1) is 0 Å². The first-order valence-corrected chi connectivity index (χ1v) is 11.0. The fourth-order valence-corrected chi connectivity index (χ4v) is 3.94. The summed E-state index contributed by atoms with van der Waals surface area (Å²) in [5.41, 5.74) is 2.10. The van der Waals surface area contributed by atoms with E-state index in [9.17, 15) is 14.0 Å². The van der Waals surface area contributed by atoms with Crippen molar-refractivity contribution in [2.75, 3.05) is 13.1 Å². The summed E-state index contributed by atoms with van der Waals surface area (Å²) in [5.74, 6) is -0.445. The Balaban J connectivity index is 1.47. The van der Waals surface area contributed by atoms with Gasteiger partial charge in [-0.1, -0.05) is 42.5 Å². The van der Waals surface area contributed by atoms with Crippen molar-refractivity contribution in [2.24, 2.45) is 0 Å². The number of hydrogen-bond donors (Lipinski definition) is 1. The molecule has 6 heteroatoms. The summed E-state index contributed by atoms with van der Waals surface area (Å²) < 4.78 is 13.1. The van der Waals surface area contributed by atoms with Crippen molar-refractivity contribution < 1.29 is 14.0 Å². The zero-order valence-electron chi connectivity index (χ0n) is 18.4. The second kappa shape index (κ2) is 11.0. The Labute approximate surface area is 184 Å². The lowest BCUT2D eigenvalue weighted by Gasteiger charge is -2.27. The van der Waals surface area contributed by atoms with E-state index in [0.29, 0.717) is 32.0 Å². The van der Waals surface area contributed by atoms with E-state index in [1.54, 1.807) is 17.0 Å². The van der Waals surface area contributed by atoms with Crippen LogP contribution >= 0.6 is 0 Å². The lowest BCUT2D eigenvalue weighted by molar-refractivity contribution is -0.135. The second-order valence-electron chi connectivity index (χ2n) is 8.40. The van der Waals surface area contributed by atoms with Gasteiger partial charge in [-0.3, -0.25) is 14.5 Å². The monoisotopic (exact) mass is 425 g/mol. The maximum Gasteiger partial charge on any atom is 0.242 e. The predicted molar refractivity (Wildman–Crippen MR) is 120 cm³/mol. The van der Waals surface area contributed by atoms with Crippen molar-refractivity contribution in [3.05, 3.63) is 71.5 Å². The molecule has 1 aliphatic rings. The Morgan fingerprint density at radius 1 is 1.13 bits per heavy atom. The number of benzene rings is 2. The highest BCUT2D eigenvalue weighted by Gasteiger charge is 2.35. The van der Waals surface area contributed by atoms with Gasteiger partial charge in [-0.15, -0.1) is 0 Å². The molecule has 5 nitrogen and oxygen atoms in total. The largest absolute Gasteiger partial charge is 0.354 e. The van der Waals surface area contributed by atoms with Gasteiger partial charge in [-0.05, 0) is 49.9 Å². The third-order valence-corrected chi connectivity index (χ3v) is 5.78. The van der Waals surface area contributed by atoms with Crippen molar-refractivity contribution >= 4 is 11.8 Å². The average molecular weight is 426 g/mol. The number of nitrogens with zero attached hydrogens (tertiary/aromatic N) is 2. The molecule has 0 saturated carbocycles. The van der Waals surface area contributed by atoms with Crippen LogP contribution in [0, 0.1) is 5.82 Å². The SMILES string of the molecule is CC(C)N(CCCNC(=O)C1CCC(=O)N1Cc1ccc(F)cc1)Cc1ccccc1. The summed E-state index contributed by atoms with van der Waals surface area (Å²) in [6.45, 7) is 7.03. The Hall–Kier alpha value is -2.73. The molecule has 1 atom stereocenters. The first kappa shape index (κ1) is 22.9. The fraction of sp³-hybridized carbons (Fsp3) is 0.440. The van der Waals surface area contributed by atoms with Crippen LogP contribution in [-0.4, -0.2) is 46.8 Å². The molecule has 1 fully saturated rings. The van der Waals surface area contributed by atoms with Gasteiger partial charge in [0.2, 0.25) is 11.8 Å². The molecule has 3 rings (SSSR count). The van der Waals surface area contributed by atoms with Crippen LogP contribution in [0.25, 0.3) is 0 Å². The Bertz CT molecular complexity index is 855. The molecule has 2 aromatic rings. The maximum atomic E-state index is 13.1. The Kier molecular flexibility index (Phi) is 8.18. The number of carbonyl (C=O) groups excluding carboxylic acids is 2. The molecule has 0 aliphatic carbocycles. The third kappa shape index (κ3) is 6.62. The minimum Gasteiger partial charge on any atom is -0.354 e. The standard InChI is InChI=1S/C25H32FN3O2/c1-19(2)28(17-20-7-4-3-5-8-20)16-6-15-27-25(31)23-13-14-24(30)29(23)18-21-9-11-22(26)12-10-21/h3-5,7-12,19,23H,6,13-18H2,1-2H3,(H,27,31). The summed E-state index contributed by atoms with van der Waals surface area (Å²) in [5, 5.41) is 3.01. The van der Waals surface area contributed by atoms with E-state index in [2.05, 4.69) is 48.3 Å². The minimum atomic E-state index is -0.455. The maximum absolute atomic E-state index is 13.1. The molecule has 2 aromatic carbocycles. The molecule has 1 unspecified atom stereocenters. The molecule has 0 bridgehead atoms. The number of likely N-dealkylation sites (tertiary alicyclic amines) is 1. The van der Waals surface area contributed by atoms with E-state index in [1.807, 2.05) is 6.07 Å². The van der Waals surface area contributed by atoms with Gasteiger partial charge in [-0.25, -0.2) is 4.39 Å². The van der Waals surface area contributed by atoms with Crippen molar-refractivity contribution in [1.82, 2.24) is 15.1 Å². The number of amides is 2. The summed E-state index contributed by atoms with van der Waals surface area (Å²) in [6.07, 6.45) is 1.74. The molecule has 0 spiro atoms. The highest BCUT2D eigenvalue weighted by molar-refractivity contribution is 5.90. The molecule has 1 saturated heterocycles. The molecule has 2 amide bonds. The van der Waals surface area contributed by atoms with E-state index in [-0.39, 0.29) is 17.6 Å². The van der Waals surface area contributed by atoms with E-state index >= 15 is 0 Å². The van der Waals surface area contributed by atoms with Gasteiger partial charge in [-0.2, -0.15) is 0 Å². The second-order valence-corrected chi connectivity index (χ2v) is 8.40. The molecule has 166 valence electrons. The molecular weight excluding hydrogens is 393 g/mol. The molecule has 1 N–H and O–H groups in total. The Morgan fingerprint density at radius 2 is 1.84 bits per heavy atom. The topological polar surface area (TPSA) is 52.7 Å². The van der Waals surface area contributed by atoms with Crippen LogP contribution in [0.15, 0.2) is 54.6 Å². The molecule has 0 radical (unpaired) electrons. The number of carbonyl (C=O) groups is 2. The van der Waals surface area contributed by atoms with Crippen LogP contribution in [0.1, 0.15) is 44.2 Å². The highest BCUT2D eigenvalue weighted by Crippen LogP contribution is 2.22. The number of halogens is 1. The number of nitrogens with one attached hydrogen (secondary N) is 1. The van der Waals surface area contributed by atoms with Crippen molar-refractivity contribution in [3.63, 3.8) is 0 Å². The summed E-state index contributed by atoms with van der Waals surface area (Å²) in [6, 6.07) is 16.4.